The number of carbonyl (C=O) groups is 4. The van der Waals surface area contributed by atoms with Gasteiger partial charge in [-0.3, -0.25) is 19.2 Å². The summed E-state index contributed by atoms with van der Waals surface area (Å²) in [6, 6.07) is 7.05. The van der Waals surface area contributed by atoms with Gasteiger partial charge in [0, 0.05) is 91.2 Å². The molecule has 4 heterocycles. The van der Waals surface area contributed by atoms with Crippen molar-refractivity contribution < 1.29 is 36.7 Å². The van der Waals surface area contributed by atoms with Crippen LogP contribution in [0.25, 0.3) is 68.0 Å². The van der Waals surface area contributed by atoms with Crippen molar-refractivity contribution in [2.75, 3.05) is 0 Å². The molecule has 0 N–H and O–H groups in total. The molecule has 4 aliphatic carbocycles. The summed E-state index contributed by atoms with van der Waals surface area (Å²) >= 11 is 2.86. The molecule has 0 saturated carbocycles. The number of fused-ring (bicyclic) bond motifs is 9. The zero-order valence-corrected chi connectivity index (χ0v) is 28.6. The van der Waals surface area contributed by atoms with Gasteiger partial charge < -0.3 is 9.13 Å². The summed E-state index contributed by atoms with van der Waals surface area (Å²) in [6.45, 7) is 0. The average molecular weight is 733 g/mol. The number of ketones is 4. The van der Waals surface area contributed by atoms with Crippen LogP contribution in [0.5, 0.6) is 0 Å². The summed E-state index contributed by atoms with van der Waals surface area (Å²) in [5, 5.41) is 4.09. The van der Waals surface area contributed by atoms with Gasteiger partial charge in [-0.05, 0) is 36.4 Å². The Bertz CT molecular complexity index is 2920. The van der Waals surface area contributed by atoms with E-state index >= 15 is 0 Å². The summed E-state index contributed by atoms with van der Waals surface area (Å²) in [6.07, 6.45) is 11.9. The Morgan fingerprint density at radius 2 is 0.962 bits per heavy atom. The molecule has 0 amide bonds. The van der Waals surface area contributed by atoms with Crippen LogP contribution in [0, 0.1) is 35.1 Å². The fourth-order valence-electron chi connectivity index (χ4n) is 8.02. The first-order chi connectivity index (χ1) is 24.9. The van der Waals surface area contributed by atoms with Gasteiger partial charge in [0.1, 0.15) is 23.3 Å². The number of benzene rings is 2. The topological polar surface area (TPSA) is 78.1 Å². The Labute approximate surface area is 297 Å². The van der Waals surface area contributed by atoms with Crippen LogP contribution >= 0.6 is 22.7 Å². The number of hydrogen-bond acceptors (Lipinski definition) is 6. The fraction of sp³-hybridized carbons (Fsp3) is 0.100. The number of aromatic nitrogens is 2. The second-order valence-electron chi connectivity index (χ2n) is 13.3. The van der Waals surface area contributed by atoms with E-state index in [0.29, 0.717) is 21.9 Å². The Balaban J connectivity index is 1.05. The number of Topliss-reactive ketones (excluding diaryl/α,β-unsaturated/α-hetero) is 4. The Hall–Kier alpha value is -5.72. The second kappa shape index (κ2) is 10.4. The third kappa shape index (κ3) is 4.10. The minimum Gasteiger partial charge on any atom is -0.343 e. The van der Waals surface area contributed by atoms with Gasteiger partial charge >= 0.3 is 0 Å². The first kappa shape index (κ1) is 31.1. The van der Waals surface area contributed by atoms with E-state index in [-0.39, 0.29) is 34.1 Å². The molecule has 0 aliphatic heterocycles. The highest BCUT2D eigenvalue weighted by atomic mass is 32.1. The predicted octanol–water partition coefficient (Wildman–Crippen LogP) is 5.04. The molecule has 0 saturated heterocycles. The number of halogens is 4. The molecule has 6 nitrogen and oxygen atoms in total. The van der Waals surface area contributed by atoms with E-state index in [2.05, 4.69) is 33.4 Å². The highest BCUT2D eigenvalue weighted by Crippen LogP contribution is 2.38. The summed E-state index contributed by atoms with van der Waals surface area (Å²) in [5.74, 6) is -7.50. The lowest BCUT2D eigenvalue weighted by Crippen LogP contribution is -2.39. The van der Waals surface area contributed by atoms with E-state index in [4.69, 9.17) is 0 Å². The zero-order valence-electron chi connectivity index (χ0n) is 26.9. The van der Waals surface area contributed by atoms with Crippen LogP contribution in [0.2, 0.25) is 0 Å². The lowest BCUT2D eigenvalue weighted by molar-refractivity contribution is -0.110. The number of aryl methyl sites for hydroxylation is 2. The smallest absolute Gasteiger partial charge is 0.237 e. The third-order valence-corrected chi connectivity index (χ3v) is 12.6. The van der Waals surface area contributed by atoms with Crippen molar-refractivity contribution in [1.82, 2.24) is 9.13 Å². The number of hydrogen-bond donors (Lipinski definition) is 0. The second-order valence-corrected chi connectivity index (χ2v) is 15.5. The SMILES string of the molecule is Cn1c2c(c3sc(/C=C4\C(=O)C(=O)c5c(F)cc(F)cc54)cc31)=CC1C=c3c(c4sc(/C=C5\C(=O)C(=O)c6c(F)cc(F)cc65)cc4n3C)=CC1C=2. The maximum Gasteiger partial charge on any atom is 0.237 e. The van der Waals surface area contributed by atoms with E-state index in [9.17, 15) is 36.7 Å². The molecule has 0 fully saturated rings. The quantitative estimate of drug-likeness (QED) is 0.142. The van der Waals surface area contributed by atoms with E-state index in [1.807, 2.05) is 26.2 Å². The van der Waals surface area contributed by atoms with E-state index < -0.39 is 57.5 Å². The maximum atomic E-state index is 14.4. The Morgan fingerprint density at radius 3 is 1.37 bits per heavy atom. The van der Waals surface area contributed by atoms with E-state index in [1.54, 1.807) is 0 Å². The molecule has 10 rings (SSSR count). The van der Waals surface area contributed by atoms with Crippen LogP contribution in [0.15, 0.2) is 36.4 Å². The molecule has 12 heteroatoms. The van der Waals surface area contributed by atoms with Crippen LogP contribution in [0.4, 0.5) is 17.6 Å². The molecule has 0 radical (unpaired) electrons. The monoisotopic (exact) mass is 732 g/mol. The van der Waals surface area contributed by atoms with Crippen LogP contribution < -0.4 is 21.1 Å². The van der Waals surface area contributed by atoms with Gasteiger partial charge in [0.15, 0.2) is 0 Å². The number of rotatable bonds is 2. The molecule has 2 aromatic carbocycles. The van der Waals surface area contributed by atoms with Gasteiger partial charge in [0.05, 0.1) is 31.6 Å². The molecule has 2 atom stereocenters. The zero-order chi connectivity index (χ0) is 36.1. The summed E-state index contributed by atoms with van der Waals surface area (Å²) < 4.78 is 63.1. The van der Waals surface area contributed by atoms with Crippen LogP contribution in [-0.2, 0) is 23.7 Å². The molecule has 52 heavy (non-hydrogen) atoms. The van der Waals surface area contributed by atoms with Crippen molar-refractivity contribution >= 4 is 114 Å². The highest BCUT2D eigenvalue weighted by molar-refractivity contribution is 7.20. The lowest BCUT2D eigenvalue weighted by Gasteiger charge is -2.21. The van der Waals surface area contributed by atoms with Crippen LogP contribution in [0.3, 0.4) is 0 Å². The van der Waals surface area contributed by atoms with Crippen molar-refractivity contribution in [3.8, 4) is 0 Å². The van der Waals surface area contributed by atoms with Crippen molar-refractivity contribution in [3.63, 3.8) is 0 Å². The van der Waals surface area contributed by atoms with Gasteiger partial charge in [0.2, 0.25) is 23.1 Å². The standard InChI is InChI=1S/C40H20F4N2O4S2/c1-45-29-5-15-4-26-30(46(2)32-14-20(52-40(26)32)12-24-22-8-18(42)10-28(44)34(22)38(50)36(24)48)6-16(15)3-25(29)39-31(45)13-19(51-39)11-23-21-7-17(41)9-27(43)33(21)37(49)35(23)47/h3-16H,1-2H3/b23-11-,24-12-. The van der Waals surface area contributed by atoms with Crippen LogP contribution in [-0.4, -0.2) is 32.3 Å². The largest absolute Gasteiger partial charge is 0.343 e. The van der Waals surface area contributed by atoms with Crippen molar-refractivity contribution in [3.05, 3.63) is 113 Å². The van der Waals surface area contributed by atoms with Gasteiger partial charge in [0.25, 0.3) is 0 Å². The molecule has 4 aliphatic rings. The average Bonchev–Trinajstić information content (AvgIpc) is 3.91. The Kier molecular flexibility index (Phi) is 6.23. The van der Waals surface area contributed by atoms with Crippen molar-refractivity contribution in [1.29, 1.82) is 0 Å². The molecule has 0 spiro atoms. The number of nitrogens with zero attached hydrogens (tertiary/aromatic N) is 2. The Morgan fingerprint density at radius 1 is 0.558 bits per heavy atom. The first-order valence-electron chi connectivity index (χ1n) is 16.1. The minimum absolute atomic E-state index is 0.0223. The number of thiophene rings is 2. The lowest BCUT2D eigenvalue weighted by atomic mass is 9.84. The first-order valence-corrected chi connectivity index (χ1v) is 17.8. The van der Waals surface area contributed by atoms with Gasteiger partial charge in [-0.1, -0.05) is 24.3 Å². The molecule has 4 aromatic heterocycles. The molecule has 6 aromatic rings. The van der Waals surface area contributed by atoms with Gasteiger partial charge in [-0.15, -0.1) is 22.7 Å². The molecule has 0 bridgehead atoms. The summed E-state index contributed by atoms with van der Waals surface area (Å²) in [7, 11) is 3.89. The molecular formula is C40H20F4N2O4S2. The van der Waals surface area contributed by atoms with Crippen LogP contribution in [0.1, 0.15) is 41.6 Å². The predicted molar refractivity (Wildman–Crippen MR) is 192 cm³/mol. The maximum absolute atomic E-state index is 14.4. The third-order valence-electron chi connectivity index (χ3n) is 10.4. The normalized spacial score (nSPS) is 20.2. The van der Waals surface area contributed by atoms with Gasteiger partial charge in [-0.2, -0.15) is 0 Å². The minimum atomic E-state index is -1.05. The van der Waals surface area contributed by atoms with Crippen molar-refractivity contribution in [2.45, 2.75) is 0 Å². The van der Waals surface area contributed by atoms with E-state index in [0.717, 1.165) is 53.7 Å². The highest BCUT2D eigenvalue weighted by Gasteiger charge is 2.38. The summed E-state index contributed by atoms with van der Waals surface area (Å²) in [4.78, 5) is 52.1. The van der Waals surface area contributed by atoms with Gasteiger partial charge in [-0.25, -0.2) is 17.6 Å². The molecule has 254 valence electrons. The number of allylic oxidation sites excluding steroid dienone is 2. The van der Waals surface area contributed by atoms with E-state index in [1.165, 1.54) is 34.8 Å². The fourth-order valence-corrected chi connectivity index (χ4v) is 10.3. The molecule has 2 unspecified atom stereocenters. The summed E-state index contributed by atoms with van der Waals surface area (Å²) in [5.41, 5.74) is 0.876. The van der Waals surface area contributed by atoms with Crippen molar-refractivity contribution in [2.24, 2.45) is 25.9 Å². The molecular weight excluding hydrogens is 713 g/mol. The number of carbonyl (C=O) groups excluding carboxylic acids is 4.